The fourth-order valence-corrected chi connectivity index (χ4v) is 2.22. The minimum atomic E-state index is -1.48. The van der Waals surface area contributed by atoms with Crippen LogP contribution < -0.4 is 0 Å². The lowest BCUT2D eigenvalue weighted by Crippen LogP contribution is -2.59. The summed E-state index contributed by atoms with van der Waals surface area (Å²) in [5.41, 5.74) is 0.276. The van der Waals surface area contributed by atoms with Crippen LogP contribution in [0.4, 0.5) is 0 Å². The van der Waals surface area contributed by atoms with Gasteiger partial charge in [-0.2, -0.15) is 4.99 Å². The molecule has 1 aromatic carbocycles. The molecular formula is C14H15NO6S. The number of nitrogens with zero attached hydrogens (tertiary/aromatic N) is 1. The van der Waals surface area contributed by atoms with Crippen LogP contribution in [0.25, 0.3) is 0 Å². The van der Waals surface area contributed by atoms with Crippen LogP contribution in [0.1, 0.15) is 10.4 Å². The Labute approximate surface area is 131 Å². The van der Waals surface area contributed by atoms with E-state index in [1.54, 1.807) is 30.3 Å². The zero-order valence-corrected chi connectivity index (χ0v) is 12.2. The van der Waals surface area contributed by atoms with E-state index in [0.717, 1.165) is 0 Å². The van der Waals surface area contributed by atoms with Crippen molar-refractivity contribution < 1.29 is 29.6 Å². The lowest BCUT2D eigenvalue weighted by Gasteiger charge is -2.39. The van der Waals surface area contributed by atoms with E-state index in [1.807, 2.05) is 0 Å². The number of esters is 1. The summed E-state index contributed by atoms with van der Waals surface area (Å²) >= 11 is 4.49. The summed E-state index contributed by atoms with van der Waals surface area (Å²) < 4.78 is 10.5. The van der Waals surface area contributed by atoms with E-state index < -0.39 is 43.2 Å². The Hall–Kier alpha value is -1.67. The Morgan fingerprint density at radius 1 is 1.32 bits per heavy atom. The third kappa shape index (κ3) is 3.56. The van der Waals surface area contributed by atoms with E-state index in [2.05, 4.69) is 22.4 Å². The largest absolute Gasteiger partial charge is 0.451 e. The van der Waals surface area contributed by atoms with Crippen LogP contribution in [-0.2, 0) is 9.47 Å². The standard InChI is InChI=1S/C14H15NO6S/c16-6-9-10(17)11(18)12(13(20-9)15-7-22)21-14(19)8-4-2-1-3-5-8/h1-5,9-13,16-18H,6H2/t9-,10-,11+,12-,13-/m1/s1. The van der Waals surface area contributed by atoms with Gasteiger partial charge in [0, 0.05) is 0 Å². The van der Waals surface area contributed by atoms with Gasteiger partial charge >= 0.3 is 5.97 Å². The number of isothiocyanates is 1. The zero-order chi connectivity index (χ0) is 16.1. The van der Waals surface area contributed by atoms with Gasteiger partial charge in [-0.15, -0.1) is 0 Å². The first kappa shape index (κ1) is 16.7. The minimum absolute atomic E-state index is 0.276. The maximum absolute atomic E-state index is 12.1. The van der Waals surface area contributed by atoms with E-state index in [4.69, 9.17) is 14.6 Å². The summed E-state index contributed by atoms with van der Waals surface area (Å²) in [5, 5.41) is 31.2. The molecule has 1 heterocycles. The van der Waals surface area contributed by atoms with Crippen molar-refractivity contribution in [1.29, 1.82) is 0 Å². The normalized spacial score (nSPS) is 31.1. The average Bonchev–Trinajstić information content (AvgIpc) is 2.55. The van der Waals surface area contributed by atoms with Crippen LogP contribution >= 0.6 is 12.2 Å². The summed E-state index contributed by atoms with van der Waals surface area (Å²) in [6.07, 6.45) is -6.37. The SMILES string of the molecule is O=C(O[C@@H]1[C@@H](O)[C@H](O)[C@@H](CO)O[C@H]1N=C=S)c1ccccc1. The predicted octanol–water partition coefficient (Wildman–Crippen LogP) is -0.246. The van der Waals surface area contributed by atoms with E-state index in [9.17, 15) is 15.0 Å². The highest BCUT2D eigenvalue weighted by Gasteiger charge is 2.46. The van der Waals surface area contributed by atoms with Crippen molar-refractivity contribution in [2.45, 2.75) is 30.6 Å². The first-order chi connectivity index (χ1) is 10.6. The average molecular weight is 325 g/mol. The molecule has 7 nitrogen and oxygen atoms in total. The second-order valence-electron chi connectivity index (χ2n) is 4.69. The Kier molecular flexibility index (Phi) is 5.73. The predicted molar refractivity (Wildman–Crippen MR) is 78.4 cm³/mol. The van der Waals surface area contributed by atoms with Crippen LogP contribution in [0.2, 0.25) is 0 Å². The number of hydrogen-bond acceptors (Lipinski definition) is 8. The van der Waals surface area contributed by atoms with Crippen molar-refractivity contribution in [3.8, 4) is 0 Å². The molecule has 22 heavy (non-hydrogen) atoms. The molecule has 1 aromatic rings. The number of ether oxygens (including phenoxy) is 2. The van der Waals surface area contributed by atoms with E-state index in [1.165, 1.54) is 0 Å². The minimum Gasteiger partial charge on any atom is -0.451 e. The molecule has 3 N–H and O–H groups in total. The molecular weight excluding hydrogens is 310 g/mol. The lowest BCUT2D eigenvalue weighted by atomic mass is 9.98. The van der Waals surface area contributed by atoms with Gasteiger partial charge in [0.15, 0.2) is 12.3 Å². The molecule has 0 amide bonds. The van der Waals surface area contributed by atoms with Crippen LogP contribution in [0.5, 0.6) is 0 Å². The number of carbonyl (C=O) groups is 1. The van der Waals surface area contributed by atoms with Gasteiger partial charge in [0.25, 0.3) is 0 Å². The summed E-state index contributed by atoms with van der Waals surface area (Å²) in [6, 6.07) is 8.15. The molecule has 1 fully saturated rings. The second kappa shape index (κ2) is 7.55. The van der Waals surface area contributed by atoms with Crippen LogP contribution in [0, 0.1) is 0 Å². The Morgan fingerprint density at radius 2 is 2.00 bits per heavy atom. The van der Waals surface area contributed by atoms with E-state index >= 15 is 0 Å². The van der Waals surface area contributed by atoms with E-state index in [-0.39, 0.29) is 5.56 Å². The smallest absolute Gasteiger partial charge is 0.338 e. The van der Waals surface area contributed by atoms with Crippen LogP contribution in [-0.4, -0.2) is 63.7 Å². The number of hydrogen-bond donors (Lipinski definition) is 3. The molecule has 0 bridgehead atoms. The third-order valence-electron chi connectivity index (χ3n) is 3.28. The van der Waals surface area contributed by atoms with Gasteiger partial charge < -0.3 is 24.8 Å². The van der Waals surface area contributed by atoms with Crippen molar-refractivity contribution in [2.24, 2.45) is 4.99 Å². The number of benzene rings is 1. The maximum atomic E-state index is 12.1. The fraction of sp³-hybridized carbons (Fsp3) is 0.429. The summed E-state index contributed by atoms with van der Waals surface area (Å²) in [7, 11) is 0. The zero-order valence-electron chi connectivity index (χ0n) is 11.4. The molecule has 0 saturated carbocycles. The molecule has 0 radical (unpaired) electrons. The van der Waals surface area contributed by atoms with Gasteiger partial charge in [-0.25, -0.2) is 4.79 Å². The monoisotopic (exact) mass is 325 g/mol. The summed E-state index contributed by atoms with van der Waals surface area (Å²) in [5.74, 6) is -0.701. The molecule has 2 rings (SSSR count). The second-order valence-corrected chi connectivity index (χ2v) is 4.87. The number of rotatable bonds is 4. The van der Waals surface area contributed by atoms with Crippen molar-refractivity contribution in [2.75, 3.05) is 6.61 Å². The molecule has 8 heteroatoms. The highest BCUT2D eigenvalue weighted by Crippen LogP contribution is 2.25. The molecule has 118 valence electrons. The van der Waals surface area contributed by atoms with Gasteiger partial charge in [0.05, 0.1) is 17.3 Å². The number of thiocarbonyl (C=S) groups is 1. The molecule has 0 aromatic heterocycles. The maximum Gasteiger partial charge on any atom is 0.338 e. The molecule has 1 saturated heterocycles. The molecule has 1 aliphatic rings. The Balaban J connectivity index is 2.18. The van der Waals surface area contributed by atoms with E-state index in [0.29, 0.717) is 0 Å². The topological polar surface area (TPSA) is 109 Å². The van der Waals surface area contributed by atoms with Gasteiger partial charge in [0.2, 0.25) is 0 Å². The summed E-state index contributed by atoms with van der Waals surface area (Å²) in [4.78, 5) is 15.7. The van der Waals surface area contributed by atoms with Crippen LogP contribution in [0.3, 0.4) is 0 Å². The Morgan fingerprint density at radius 3 is 2.59 bits per heavy atom. The van der Waals surface area contributed by atoms with Gasteiger partial charge in [-0.1, -0.05) is 18.2 Å². The summed E-state index contributed by atoms with van der Waals surface area (Å²) in [6.45, 7) is -0.527. The lowest BCUT2D eigenvalue weighted by molar-refractivity contribution is -0.226. The first-order valence-electron chi connectivity index (χ1n) is 6.54. The molecule has 0 spiro atoms. The van der Waals surface area contributed by atoms with Crippen LogP contribution in [0.15, 0.2) is 35.3 Å². The molecule has 5 atom stereocenters. The number of aliphatic hydroxyl groups is 3. The van der Waals surface area contributed by atoms with Crippen molar-refractivity contribution in [3.05, 3.63) is 35.9 Å². The molecule has 0 unspecified atom stereocenters. The number of aliphatic hydroxyl groups excluding tert-OH is 3. The number of carbonyl (C=O) groups excluding carboxylic acids is 1. The first-order valence-corrected chi connectivity index (χ1v) is 6.94. The Bertz CT molecular complexity index is 562. The van der Waals surface area contributed by atoms with Crippen molar-refractivity contribution in [1.82, 2.24) is 0 Å². The third-order valence-corrected chi connectivity index (χ3v) is 3.38. The highest BCUT2D eigenvalue weighted by molar-refractivity contribution is 7.78. The van der Waals surface area contributed by atoms with Gasteiger partial charge in [-0.05, 0) is 24.4 Å². The molecule has 0 aliphatic carbocycles. The molecule has 1 aliphatic heterocycles. The fourth-order valence-electron chi connectivity index (χ4n) is 2.12. The van der Waals surface area contributed by atoms with Crippen molar-refractivity contribution >= 4 is 23.3 Å². The van der Waals surface area contributed by atoms with Crippen molar-refractivity contribution in [3.63, 3.8) is 0 Å². The highest BCUT2D eigenvalue weighted by atomic mass is 32.1. The quantitative estimate of drug-likeness (QED) is 0.398. The number of aliphatic imine (C=N–C) groups is 1. The van der Waals surface area contributed by atoms with Gasteiger partial charge in [-0.3, -0.25) is 0 Å². The van der Waals surface area contributed by atoms with Gasteiger partial charge in [0.1, 0.15) is 18.3 Å².